The van der Waals surface area contributed by atoms with Gasteiger partial charge in [0.1, 0.15) is 5.82 Å². The molecule has 0 saturated carbocycles. The molecule has 0 fully saturated rings. The summed E-state index contributed by atoms with van der Waals surface area (Å²) in [6.07, 6.45) is 6.99. The smallest absolute Gasteiger partial charge is 0.166 e. The SMILES string of the molecule is CC1(C)C=C(c2ncc[nH]2)C(=O)CC1. The fourth-order valence-corrected chi connectivity index (χ4v) is 1.73. The summed E-state index contributed by atoms with van der Waals surface area (Å²) in [4.78, 5) is 18.7. The van der Waals surface area contributed by atoms with Crippen molar-refractivity contribution in [3.05, 3.63) is 24.3 Å². The third-order valence-electron chi connectivity index (χ3n) is 2.59. The van der Waals surface area contributed by atoms with Crippen LogP contribution in [0.25, 0.3) is 5.57 Å². The lowest BCUT2D eigenvalue weighted by Crippen LogP contribution is -2.19. The van der Waals surface area contributed by atoms with Gasteiger partial charge in [0.05, 0.1) is 5.57 Å². The van der Waals surface area contributed by atoms with E-state index in [9.17, 15) is 4.79 Å². The van der Waals surface area contributed by atoms with Gasteiger partial charge in [-0.1, -0.05) is 19.9 Å². The molecule has 1 aliphatic rings. The average molecular weight is 190 g/mol. The maximum absolute atomic E-state index is 11.7. The molecule has 3 nitrogen and oxygen atoms in total. The number of rotatable bonds is 1. The van der Waals surface area contributed by atoms with Gasteiger partial charge in [0, 0.05) is 18.8 Å². The molecule has 1 aromatic rings. The van der Waals surface area contributed by atoms with Gasteiger partial charge in [0.25, 0.3) is 0 Å². The van der Waals surface area contributed by atoms with Crippen molar-refractivity contribution in [2.75, 3.05) is 0 Å². The molecule has 1 aromatic heterocycles. The van der Waals surface area contributed by atoms with Crippen molar-refractivity contribution in [2.45, 2.75) is 26.7 Å². The Bertz CT molecular complexity index is 374. The van der Waals surface area contributed by atoms with Gasteiger partial charge in [-0.15, -0.1) is 0 Å². The van der Waals surface area contributed by atoms with Crippen LogP contribution in [-0.2, 0) is 4.79 Å². The lowest BCUT2D eigenvalue weighted by atomic mass is 9.79. The molecule has 74 valence electrons. The minimum atomic E-state index is 0.107. The lowest BCUT2D eigenvalue weighted by molar-refractivity contribution is -0.114. The molecule has 14 heavy (non-hydrogen) atoms. The second-order valence-electron chi connectivity index (χ2n) is 4.41. The number of carbonyl (C=O) groups is 1. The van der Waals surface area contributed by atoms with E-state index in [1.165, 1.54) is 0 Å². The van der Waals surface area contributed by atoms with Crippen molar-refractivity contribution in [3.63, 3.8) is 0 Å². The zero-order valence-corrected chi connectivity index (χ0v) is 8.50. The number of imidazole rings is 1. The van der Waals surface area contributed by atoms with Gasteiger partial charge in [-0.2, -0.15) is 0 Å². The Hall–Kier alpha value is -1.38. The molecular weight excluding hydrogens is 176 g/mol. The highest BCUT2D eigenvalue weighted by atomic mass is 16.1. The molecule has 1 N–H and O–H groups in total. The number of H-pyrrole nitrogens is 1. The number of hydrogen-bond acceptors (Lipinski definition) is 2. The fourth-order valence-electron chi connectivity index (χ4n) is 1.73. The molecule has 0 aliphatic heterocycles. The molecule has 0 radical (unpaired) electrons. The first-order valence-electron chi connectivity index (χ1n) is 4.84. The second kappa shape index (κ2) is 3.08. The number of hydrogen-bond donors (Lipinski definition) is 1. The highest BCUT2D eigenvalue weighted by Gasteiger charge is 2.27. The molecule has 0 spiro atoms. The summed E-state index contributed by atoms with van der Waals surface area (Å²) in [5.74, 6) is 0.891. The highest BCUT2D eigenvalue weighted by Crippen LogP contribution is 2.34. The van der Waals surface area contributed by atoms with Crippen LogP contribution in [0.1, 0.15) is 32.5 Å². The maximum atomic E-state index is 11.7. The number of aromatic amines is 1. The van der Waals surface area contributed by atoms with Gasteiger partial charge < -0.3 is 4.98 Å². The standard InChI is InChI=1S/C11H14N2O/c1-11(2)4-3-9(14)8(7-11)10-12-5-6-13-10/h5-7H,3-4H2,1-2H3,(H,12,13). The van der Waals surface area contributed by atoms with E-state index >= 15 is 0 Å². The van der Waals surface area contributed by atoms with Crippen molar-refractivity contribution in [3.8, 4) is 0 Å². The largest absolute Gasteiger partial charge is 0.345 e. The van der Waals surface area contributed by atoms with Crippen LogP contribution in [-0.4, -0.2) is 15.8 Å². The molecule has 2 rings (SSSR count). The quantitative estimate of drug-likeness (QED) is 0.737. The first kappa shape index (κ1) is 9.19. The van der Waals surface area contributed by atoms with Crippen LogP contribution in [0.4, 0.5) is 0 Å². The second-order valence-corrected chi connectivity index (χ2v) is 4.41. The summed E-state index contributed by atoms with van der Waals surface area (Å²) in [7, 11) is 0. The Morgan fingerprint density at radius 3 is 2.93 bits per heavy atom. The van der Waals surface area contributed by atoms with E-state index in [1.54, 1.807) is 12.4 Å². The number of aromatic nitrogens is 2. The third kappa shape index (κ3) is 1.62. The van der Waals surface area contributed by atoms with Crippen molar-refractivity contribution in [1.29, 1.82) is 0 Å². The van der Waals surface area contributed by atoms with E-state index in [0.29, 0.717) is 12.2 Å². The number of allylic oxidation sites excluding steroid dienone is 2. The molecule has 1 aliphatic carbocycles. The fraction of sp³-hybridized carbons (Fsp3) is 0.455. The summed E-state index contributed by atoms with van der Waals surface area (Å²) < 4.78 is 0. The van der Waals surface area contributed by atoms with E-state index in [-0.39, 0.29) is 11.2 Å². The Balaban J connectivity index is 2.42. The Kier molecular flexibility index (Phi) is 2.02. The summed E-state index contributed by atoms with van der Waals surface area (Å²) in [6.45, 7) is 4.28. The predicted octanol–water partition coefficient (Wildman–Crippen LogP) is 2.18. The Labute approximate surface area is 83.2 Å². The molecule has 0 bridgehead atoms. The van der Waals surface area contributed by atoms with Crippen LogP contribution in [0.15, 0.2) is 18.5 Å². The minimum absolute atomic E-state index is 0.107. The van der Waals surface area contributed by atoms with Crippen LogP contribution >= 0.6 is 0 Å². The molecule has 3 heteroatoms. The van der Waals surface area contributed by atoms with E-state index in [1.807, 2.05) is 6.08 Å². The molecule has 0 amide bonds. The number of carbonyl (C=O) groups excluding carboxylic acids is 1. The van der Waals surface area contributed by atoms with Gasteiger partial charge in [0.15, 0.2) is 5.78 Å². The zero-order chi connectivity index (χ0) is 10.2. The van der Waals surface area contributed by atoms with Gasteiger partial charge >= 0.3 is 0 Å². The van der Waals surface area contributed by atoms with Crippen molar-refractivity contribution in [2.24, 2.45) is 5.41 Å². The van der Waals surface area contributed by atoms with Crippen LogP contribution in [0.2, 0.25) is 0 Å². The van der Waals surface area contributed by atoms with E-state index in [0.717, 1.165) is 12.0 Å². The topological polar surface area (TPSA) is 45.8 Å². The highest BCUT2D eigenvalue weighted by molar-refractivity contribution is 6.20. The van der Waals surface area contributed by atoms with Crippen molar-refractivity contribution in [1.82, 2.24) is 9.97 Å². The van der Waals surface area contributed by atoms with Gasteiger partial charge in [-0.3, -0.25) is 4.79 Å². The summed E-state index contributed by atoms with van der Waals surface area (Å²) in [6, 6.07) is 0. The van der Waals surface area contributed by atoms with Crippen molar-refractivity contribution >= 4 is 11.4 Å². The van der Waals surface area contributed by atoms with Crippen molar-refractivity contribution < 1.29 is 4.79 Å². The van der Waals surface area contributed by atoms with Crippen LogP contribution in [0.3, 0.4) is 0 Å². The number of nitrogens with zero attached hydrogens (tertiary/aromatic N) is 1. The molecule has 0 saturated heterocycles. The molecule has 0 unspecified atom stereocenters. The van der Waals surface area contributed by atoms with Crippen LogP contribution in [0.5, 0.6) is 0 Å². The first-order valence-corrected chi connectivity index (χ1v) is 4.84. The van der Waals surface area contributed by atoms with E-state index < -0.39 is 0 Å². The van der Waals surface area contributed by atoms with Gasteiger partial charge in [0.2, 0.25) is 0 Å². The minimum Gasteiger partial charge on any atom is -0.345 e. The molecule has 1 heterocycles. The van der Waals surface area contributed by atoms with E-state index in [2.05, 4.69) is 23.8 Å². The van der Waals surface area contributed by atoms with Gasteiger partial charge in [-0.05, 0) is 11.8 Å². The lowest BCUT2D eigenvalue weighted by Gasteiger charge is -2.25. The number of Topliss-reactive ketones (excluding diaryl/α,β-unsaturated/α-hetero) is 1. The normalized spacial score (nSPS) is 20.7. The van der Waals surface area contributed by atoms with Crippen LogP contribution < -0.4 is 0 Å². The zero-order valence-electron chi connectivity index (χ0n) is 8.50. The molecule has 0 aromatic carbocycles. The Morgan fingerprint density at radius 2 is 2.29 bits per heavy atom. The predicted molar refractivity (Wildman–Crippen MR) is 54.6 cm³/mol. The monoisotopic (exact) mass is 190 g/mol. The number of ketones is 1. The maximum Gasteiger partial charge on any atom is 0.166 e. The van der Waals surface area contributed by atoms with Crippen LogP contribution in [0, 0.1) is 5.41 Å². The Morgan fingerprint density at radius 1 is 1.50 bits per heavy atom. The summed E-state index contributed by atoms with van der Waals surface area (Å²) in [5, 5.41) is 0. The number of nitrogens with one attached hydrogen (secondary N) is 1. The average Bonchev–Trinajstić information content (AvgIpc) is 2.62. The van der Waals surface area contributed by atoms with Gasteiger partial charge in [-0.25, -0.2) is 4.98 Å². The molecule has 0 atom stereocenters. The first-order chi connectivity index (χ1) is 6.58. The van der Waals surface area contributed by atoms with E-state index in [4.69, 9.17) is 0 Å². The third-order valence-corrected chi connectivity index (χ3v) is 2.59. The molecular formula is C11H14N2O. The summed E-state index contributed by atoms with van der Waals surface area (Å²) in [5.41, 5.74) is 0.849. The summed E-state index contributed by atoms with van der Waals surface area (Å²) >= 11 is 0.